The lowest BCUT2D eigenvalue weighted by Gasteiger charge is -2.31. The van der Waals surface area contributed by atoms with Crippen LogP contribution in [0.25, 0.3) is 0 Å². The number of hydrogen-bond donors (Lipinski definition) is 4. The van der Waals surface area contributed by atoms with E-state index in [9.17, 15) is 14.0 Å². The van der Waals surface area contributed by atoms with Crippen LogP contribution in [0, 0.1) is 5.82 Å². The second-order valence-electron chi connectivity index (χ2n) is 11.4. The Morgan fingerprint density at radius 2 is 1.95 bits per heavy atom. The number of aryl methyl sites for hydroxylation is 1. The van der Waals surface area contributed by atoms with Crippen molar-refractivity contribution in [3.8, 4) is 5.75 Å². The molecular formula is C30H37FN8O3. The number of aromatic nitrogens is 2. The highest BCUT2D eigenvalue weighted by Crippen LogP contribution is 2.43. The van der Waals surface area contributed by atoms with Crippen molar-refractivity contribution < 1.29 is 18.7 Å². The number of fused-ring (bicyclic) bond motifs is 2. The minimum atomic E-state index is -0.645. The molecule has 2 amide bonds. The third-order valence-corrected chi connectivity index (χ3v) is 7.52. The zero-order valence-corrected chi connectivity index (χ0v) is 24.8. The second-order valence-corrected chi connectivity index (χ2v) is 11.4. The topological polar surface area (TPSA) is 124 Å². The number of ether oxygens (including phenoxy) is 1. The van der Waals surface area contributed by atoms with Gasteiger partial charge in [0.15, 0.2) is 0 Å². The van der Waals surface area contributed by atoms with Gasteiger partial charge >= 0.3 is 0 Å². The predicted octanol–water partition coefficient (Wildman–Crippen LogP) is 4.02. The summed E-state index contributed by atoms with van der Waals surface area (Å²) in [7, 11) is 6.79. The first kappa shape index (κ1) is 29.1. The summed E-state index contributed by atoms with van der Waals surface area (Å²) in [5.74, 6) is 0.739. The lowest BCUT2D eigenvalue weighted by molar-refractivity contribution is -0.119. The molecule has 1 aromatic heterocycles. The zero-order valence-electron chi connectivity index (χ0n) is 24.8. The Balaban J connectivity index is 1.56. The zero-order chi connectivity index (χ0) is 30.2. The van der Waals surface area contributed by atoms with Gasteiger partial charge < -0.3 is 35.8 Å². The number of anilines is 6. The molecule has 0 radical (unpaired) electrons. The SMILES string of the molecule is CNC(=O)c1c(F)cccc1Nc1nc(Nc2cc3c(cc2OC)CCCN3C(=O)CN(C)C)nc2c1C(C)(C)CN2. The number of hydrogen-bond acceptors (Lipinski definition) is 9. The number of benzene rings is 2. The molecular weight excluding hydrogens is 539 g/mol. The molecule has 0 saturated heterocycles. The highest BCUT2D eigenvalue weighted by Gasteiger charge is 2.36. The molecule has 0 saturated carbocycles. The van der Waals surface area contributed by atoms with Gasteiger partial charge in [0.2, 0.25) is 11.9 Å². The van der Waals surface area contributed by atoms with Crippen molar-refractivity contribution in [3.05, 3.63) is 52.8 Å². The van der Waals surface area contributed by atoms with Gasteiger partial charge in [0.1, 0.15) is 23.2 Å². The number of nitrogens with one attached hydrogen (secondary N) is 4. The van der Waals surface area contributed by atoms with Gasteiger partial charge in [-0.2, -0.15) is 9.97 Å². The highest BCUT2D eigenvalue weighted by atomic mass is 19.1. The average Bonchev–Trinajstić information content (AvgIpc) is 3.25. The van der Waals surface area contributed by atoms with E-state index in [1.807, 2.05) is 36.0 Å². The quantitative estimate of drug-likeness (QED) is 0.315. The third kappa shape index (κ3) is 5.54. The molecule has 0 unspecified atom stereocenters. The van der Waals surface area contributed by atoms with E-state index in [1.54, 1.807) is 13.2 Å². The Morgan fingerprint density at radius 1 is 1.17 bits per heavy atom. The predicted molar refractivity (Wildman–Crippen MR) is 162 cm³/mol. The van der Waals surface area contributed by atoms with E-state index in [2.05, 4.69) is 35.1 Å². The maximum atomic E-state index is 14.8. The van der Waals surface area contributed by atoms with Crippen LogP contribution in [0.1, 0.15) is 41.8 Å². The number of halogens is 1. The molecule has 12 heteroatoms. The highest BCUT2D eigenvalue weighted by molar-refractivity contribution is 6.00. The Morgan fingerprint density at radius 3 is 2.67 bits per heavy atom. The van der Waals surface area contributed by atoms with Crippen molar-refractivity contribution in [3.63, 3.8) is 0 Å². The van der Waals surface area contributed by atoms with E-state index >= 15 is 0 Å². The van der Waals surface area contributed by atoms with E-state index in [0.717, 1.165) is 29.7 Å². The van der Waals surface area contributed by atoms with Crippen LogP contribution in [0.4, 0.5) is 39.0 Å². The molecule has 0 aliphatic carbocycles. The van der Waals surface area contributed by atoms with Crippen LogP contribution in [0.2, 0.25) is 0 Å². The molecule has 0 spiro atoms. The van der Waals surface area contributed by atoms with Gasteiger partial charge in [-0.15, -0.1) is 0 Å². The van der Waals surface area contributed by atoms with Crippen molar-refractivity contribution in [1.29, 1.82) is 0 Å². The number of carbonyl (C=O) groups is 2. The normalized spacial score (nSPS) is 15.0. The number of likely N-dealkylation sites (N-methyl/N-ethyl adjacent to an activating group) is 1. The summed E-state index contributed by atoms with van der Waals surface area (Å²) < 4.78 is 20.5. The molecule has 3 aromatic rings. The van der Waals surface area contributed by atoms with Gasteiger partial charge in [0, 0.05) is 36.8 Å². The molecule has 5 rings (SSSR count). The number of methoxy groups -OCH3 is 1. The smallest absolute Gasteiger partial charge is 0.256 e. The lowest BCUT2D eigenvalue weighted by Crippen LogP contribution is -2.40. The molecule has 2 aliphatic rings. The number of amides is 2. The van der Waals surface area contributed by atoms with Crippen LogP contribution in [-0.4, -0.2) is 74.6 Å². The number of rotatable bonds is 8. The summed E-state index contributed by atoms with van der Waals surface area (Å²) in [6.45, 7) is 5.67. The van der Waals surface area contributed by atoms with Crippen LogP contribution >= 0.6 is 0 Å². The summed E-state index contributed by atoms with van der Waals surface area (Å²) in [5.41, 5.74) is 3.11. The lowest BCUT2D eigenvalue weighted by atomic mass is 9.88. The standard InChI is InChI=1S/C30H37FN8O3/c1-30(2)16-33-26-25(30)27(34-19-11-7-10-18(31)24(19)28(41)32-3)37-29(36-26)35-20-14-21-17(13-22(20)42-6)9-8-12-39(21)23(40)15-38(4)5/h7,10-11,13-14H,8-9,12,15-16H2,1-6H3,(H,32,41)(H3,33,34,35,36,37). The van der Waals surface area contributed by atoms with Gasteiger partial charge in [-0.3, -0.25) is 9.59 Å². The Hall–Kier alpha value is -4.45. The van der Waals surface area contributed by atoms with Gasteiger partial charge in [0.25, 0.3) is 5.91 Å². The van der Waals surface area contributed by atoms with Crippen LogP contribution < -0.4 is 30.9 Å². The van der Waals surface area contributed by atoms with E-state index in [4.69, 9.17) is 14.7 Å². The Labute approximate surface area is 244 Å². The summed E-state index contributed by atoms with van der Waals surface area (Å²) in [6.07, 6.45) is 1.70. The third-order valence-electron chi connectivity index (χ3n) is 7.52. The molecule has 0 bridgehead atoms. The second kappa shape index (κ2) is 11.4. The van der Waals surface area contributed by atoms with Gasteiger partial charge in [-0.25, -0.2) is 4.39 Å². The molecule has 4 N–H and O–H groups in total. The molecule has 42 heavy (non-hydrogen) atoms. The maximum Gasteiger partial charge on any atom is 0.256 e. The molecule has 0 atom stereocenters. The van der Waals surface area contributed by atoms with E-state index in [-0.39, 0.29) is 28.5 Å². The van der Waals surface area contributed by atoms with E-state index in [0.29, 0.717) is 42.7 Å². The molecule has 11 nitrogen and oxygen atoms in total. The van der Waals surface area contributed by atoms with Gasteiger partial charge in [-0.1, -0.05) is 19.9 Å². The van der Waals surface area contributed by atoms with E-state index in [1.165, 1.54) is 19.2 Å². The van der Waals surface area contributed by atoms with Crippen molar-refractivity contribution in [2.75, 3.05) is 68.7 Å². The summed E-state index contributed by atoms with van der Waals surface area (Å²) in [6, 6.07) is 8.26. The summed E-state index contributed by atoms with van der Waals surface area (Å²) in [5, 5.41) is 12.3. The Bertz CT molecular complexity index is 1540. The fraction of sp³-hybridized carbons (Fsp3) is 0.400. The molecule has 2 aromatic carbocycles. The minimum Gasteiger partial charge on any atom is -0.495 e. The van der Waals surface area contributed by atoms with Crippen molar-refractivity contribution in [2.45, 2.75) is 32.1 Å². The van der Waals surface area contributed by atoms with Crippen LogP contribution in [-0.2, 0) is 16.6 Å². The van der Waals surface area contributed by atoms with Gasteiger partial charge in [0.05, 0.1) is 30.6 Å². The first-order valence-corrected chi connectivity index (χ1v) is 13.9. The first-order chi connectivity index (χ1) is 20.0. The molecule has 2 aliphatic heterocycles. The van der Waals surface area contributed by atoms with Crippen LogP contribution in [0.3, 0.4) is 0 Å². The number of nitrogens with zero attached hydrogens (tertiary/aromatic N) is 4. The molecule has 222 valence electrons. The van der Waals surface area contributed by atoms with Crippen molar-refractivity contribution in [2.24, 2.45) is 0 Å². The fourth-order valence-electron chi connectivity index (χ4n) is 5.49. The first-order valence-electron chi connectivity index (χ1n) is 13.9. The number of carbonyl (C=O) groups excluding carboxylic acids is 2. The monoisotopic (exact) mass is 576 g/mol. The minimum absolute atomic E-state index is 0.0192. The largest absolute Gasteiger partial charge is 0.495 e. The summed E-state index contributed by atoms with van der Waals surface area (Å²) >= 11 is 0. The summed E-state index contributed by atoms with van der Waals surface area (Å²) in [4.78, 5) is 38.8. The average molecular weight is 577 g/mol. The van der Waals surface area contributed by atoms with Crippen LogP contribution in [0.15, 0.2) is 30.3 Å². The Kier molecular flexibility index (Phi) is 7.91. The maximum absolute atomic E-state index is 14.8. The van der Waals surface area contributed by atoms with Crippen LogP contribution in [0.5, 0.6) is 5.75 Å². The van der Waals surface area contributed by atoms with E-state index < -0.39 is 11.7 Å². The fourth-order valence-corrected chi connectivity index (χ4v) is 5.49. The molecule has 0 fully saturated rings. The van der Waals surface area contributed by atoms with Crippen molar-refractivity contribution >= 4 is 46.5 Å². The van der Waals surface area contributed by atoms with Crippen molar-refractivity contribution in [1.82, 2.24) is 20.2 Å². The van der Waals surface area contributed by atoms with Gasteiger partial charge in [-0.05, 0) is 56.8 Å². The molecule has 3 heterocycles.